The first-order valence-electron chi connectivity index (χ1n) is 15.5. The number of hydrogen-bond acceptors (Lipinski definition) is 15. The number of hydrogen-bond donors (Lipinski definition) is 1. The summed E-state index contributed by atoms with van der Waals surface area (Å²) < 4.78 is 23.3. The third-order valence-corrected chi connectivity index (χ3v) is 8.53. The Labute approximate surface area is 297 Å². The lowest BCUT2D eigenvalue weighted by atomic mass is 10.1. The van der Waals surface area contributed by atoms with Gasteiger partial charge in [-0.05, 0) is 30.7 Å². The largest absolute Gasteiger partial charge is 0.493 e. The second-order valence-corrected chi connectivity index (χ2v) is 12.4. The zero-order chi connectivity index (χ0) is 36.0. The van der Waals surface area contributed by atoms with Crippen molar-refractivity contribution < 1.29 is 48.4 Å². The number of allylic oxidation sites excluding steroid dienone is 3. The van der Waals surface area contributed by atoms with Gasteiger partial charge >= 0.3 is 5.97 Å². The molecule has 0 saturated carbocycles. The van der Waals surface area contributed by atoms with Gasteiger partial charge < -0.3 is 38.8 Å². The number of anilines is 1. The fraction of sp³-hybridized carbons (Fsp3) is 0.438. The fourth-order valence-electron chi connectivity index (χ4n) is 4.50. The number of carbonyl (C=O) groups excluding carboxylic acids is 2. The molecule has 1 unspecified atom stereocenters. The van der Waals surface area contributed by atoms with E-state index in [1.165, 1.54) is 12.0 Å². The van der Waals surface area contributed by atoms with Crippen molar-refractivity contribution in [2.24, 2.45) is 0 Å². The molecule has 1 heterocycles. The van der Waals surface area contributed by atoms with Gasteiger partial charge in [0, 0.05) is 29.3 Å². The summed E-state index contributed by atoms with van der Waals surface area (Å²) in [7, 11) is 1.52. The summed E-state index contributed by atoms with van der Waals surface area (Å²) in [5, 5.41) is 22.5. The van der Waals surface area contributed by atoms with E-state index in [0.29, 0.717) is 30.2 Å². The van der Waals surface area contributed by atoms with Gasteiger partial charge in [0.1, 0.15) is 32.2 Å². The Balaban J connectivity index is 1.76. The number of esters is 1. The van der Waals surface area contributed by atoms with E-state index in [-0.39, 0.29) is 68.4 Å². The van der Waals surface area contributed by atoms with Crippen LogP contribution in [0, 0.1) is 20.2 Å². The average molecular weight is 737 g/mol. The van der Waals surface area contributed by atoms with E-state index in [4.69, 9.17) is 18.9 Å². The number of thioether (sulfide) groups is 2. The van der Waals surface area contributed by atoms with E-state index in [2.05, 4.69) is 15.0 Å². The van der Waals surface area contributed by atoms with Gasteiger partial charge in [-0.3, -0.25) is 9.59 Å². The monoisotopic (exact) mass is 736 g/mol. The summed E-state index contributed by atoms with van der Waals surface area (Å²) in [5.41, 5.74) is 1.80. The Kier molecular flexibility index (Phi) is 18.0. The van der Waals surface area contributed by atoms with Crippen LogP contribution in [0.3, 0.4) is 0 Å². The van der Waals surface area contributed by atoms with E-state index in [9.17, 15) is 29.8 Å². The maximum atomic E-state index is 13.5. The van der Waals surface area contributed by atoms with Gasteiger partial charge in [-0.1, -0.05) is 42.5 Å². The van der Waals surface area contributed by atoms with Crippen LogP contribution in [0.4, 0.5) is 5.69 Å². The lowest BCUT2D eigenvalue weighted by molar-refractivity contribution is -0.756. The Bertz CT molecular complexity index is 1460. The van der Waals surface area contributed by atoms with Crippen LogP contribution in [-0.4, -0.2) is 109 Å². The van der Waals surface area contributed by atoms with E-state index in [1.807, 2.05) is 42.5 Å². The Morgan fingerprint density at radius 1 is 0.880 bits per heavy atom. The van der Waals surface area contributed by atoms with Crippen LogP contribution >= 0.6 is 23.5 Å². The molecule has 1 aliphatic rings. The molecule has 1 amide bonds. The van der Waals surface area contributed by atoms with Gasteiger partial charge in [-0.15, -0.1) is 32.0 Å². The number of ether oxygens (including phenoxy) is 4. The first kappa shape index (κ1) is 39.6. The van der Waals surface area contributed by atoms with E-state index < -0.39 is 22.2 Å². The van der Waals surface area contributed by atoms with Gasteiger partial charge in [0.2, 0.25) is 5.91 Å². The molecule has 1 N–H and O–H groups in total. The van der Waals surface area contributed by atoms with Gasteiger partial charge in [0.25, 0.3) is 10.2 Å². The molecule has 0 radical (unpaired) electrons. The molecule has 0 aliphatic carbocycles. The highest BCUT2D eigenvalue weighted by Crippen LogP contribution is 2.29. The number of carbonyl (C=O) groups is 2. The van der Waals surface area contributed by atoms with Crippen LogP contribution in [0.2, 0.25) is 0 Å². The van der Waals surface area contributed by atoms with E-state index in [0.717, 1.165) is 34.8 Å². The minimum absolute atomic E-state index is 0.0260. The SMILES string of the molecule is COc1ccccc1OCCN(CC(COc1cccc2c1C/C=C\C=C/CN2)OC(=O)CSCCO[N+](=O)[O-])C(=O)CSCCO[N+](=O)[O-]. The standard InChI is InChI=1S/C32H40N4O12S2/c1-43-29-11-5-6-12-30(29)44-16-15-34(31(37)23-49-19-17-46-35(39)40)21-25(48-32(38)24-50-20-18-47-36(41)42)22-45-28-13-8-10-27-26(28)9-4-2-3-7-14-33-27/h2-8,10-13,25,33H,9,14-24H2,1H3/b4-2-,7-3-. The van der Waals surface area contributed by atoms with Crippen molar-refractivity contribution in [3.8, 4) is 17.2 Å². The average Bonchev–Trinajstić information content (AvgIpc) is 3.22. The predicted molar refractivity (Wildman–Crippen MR) is 188 cm³/mol. The Morgan fingerprint density at radius 2 is 1.56 bits per heavy atom. The molecular formula is C32H40N4O12S2. The fourth-order valence-corrected chi connectivity index (χ4v) is 5.76. The number of amides is 1. The summed E-state index contributed by atoms with van der Waals surface area (Å²) in [6.45, 7) is 0.280. The Morgan fingerprint density at radius 3 is 2.28 bits per heavy atom. The molecule has 3 rings (SSSR count). The van der Waals surface area contributed by atoms with Gasteiger partial charge in [-0.2, -0.15) is 11.8 Å². The molecule has 2 aromatic rings. The number of nitrogens with zero attached hydrogens (tertiary/aromatic N) is 3. The van der Waals surface area contributed by atoms with Crippen LogP contribution in [-0.2, 0) is 30.4 Å². The quantitative estimate of drug-likeness (QED) is 0.0748. The maximum Gasteiger partial charge on any atom is 0.316 e. The molecule has 18 heteroatoms. The molecule has 0 fully saturated rings. The van der Waals surface area contributed by atoms with Gasteiger partial charge in [0.05, 0.1) is 31.7 Å². The molecule has 0 bridgehead atoms. The van der Waals surface area contributed by atoms with Gasteiger partial charge in [-0.25, -0.2) is 0 Å². The topological polar surface area (TPSA) is 191 Å². The predicted octanol–water partition coefficient (Wildman–Crippen LogP) is 3.86. The van der Waals surface area contributed by atoms with Crippen LogP contribution in [0.25, 0.3) is 0 Å². The van der Waals surface area contributed by atoms with Crippen molar-refractivity contribution in [2.45, 2.75) is 12.5 Å². The summed E-state index contributed by atoms with van der Waals surface area (Å²) >= 11 is 2.26. The van der Waals surface area contributed by atoms with Crippen molar-refractivity contribution in [3.63, 3.8) is 0 Å². The molecule has 0 saturated heterocycles. The number of nitrogens with one attached hydrogen (secondary N) is 1. The molecule has 2 aromatic carbocycles. The van der Waals surface area contributed by atoms with Crippen molar-refractivity contribution in [3.05, 3.63) is 92.6 Å². The van der Waals surface area contributed by atoms with Crippen LogP contribution in [0.1, 0.15) is 5.56 Å². The summed E-state index contributed by atoms with van der Waals surface area (Å²) in [4.78, 5) is 57.4. The molecule has 1 aliphatic heterocycles. The van der Waals surface area contributed by atoms with Crippen molar-refractivity contribution in [2.75, 3.05) is 81.5 Å². The maximum absolute atomic E-state index is 13.5. The molecular weight excluding hydrogens is 697 g/mol. The molecule has 0 aromatic heterocycles. The third-order valence-electron chi connectivity index (χ3n) is 6.73. The number of methoxy groups -OCH3 is 1. The highest BCUT2D eigenvalue weighted by atomic mass is 32.2. The highest BCUT2D eigenvalue weighted by molar-refractivity contribution is 8.00. The molecule has 0 spiro atoms. The van der Waals surface area contributed by atoms with Crippen molar-refractivity contribution in [1.29, 1.82) is 0 Å². The lowest BCUT2D eigenvalue weighted by Crippen LogP contribution is -2.44. The van der Waals surface area contributed by atoms with E-state index in [1.54, 1.807) is 24.3 Å². The normalized spacial score (nSPS) is 13.8. The number of benzene rings is 2. The molecule has 272 valence electrons. The van der Waals surface area contributed by atoms with Crippen molar-refractivity contribution >= 4 is 41.1 Å². The zero-order valence-corrected chi connectivity index (χ0v) is 29.1. The number of rotatable bonds is 23. The van der Waals surface area contributed by atoms with E-state index >= 15 is 0 Å². The van der Waals surface area contributed by atoms with Gasteiger partial charge in [0.15, 0.2) is 17.6 Å². The number of fused-ring (bicyclic) bond motifs is 1. The van der Waals surface area contributed by atoms with Crippen molar-refractivity contribution in [1.82, 2.24) is 4.90 Å². The van der Waals surface area contributed by atoms with Crippen LogP contribution in [0.15, 0.2) is 66.8 Å². The molecule has 16 nitrogen and oxygen atoms in total. The summed E-state index contributed by atoms with van der Waals surface area (Å²) in [5.74, 6) is 0.888. The minimum Gasteiger partial charge on any atom is -0.493 e. The first-order chi connectivity index (χ1) is 24.3. The lowest BCUT2D eigenvalue weighted by Gasteiger charge is -2.28. The summed E-state index contributed by atoms with van der Waals surface area (Å²) in [6, 6.07) is 12.7. The molecule has 1 atom stereocenters. The molecule has 50 heavy (non-hydrogen) atoms. The smallest absolute Gasteiger partial charge is 0.316 e. The summed E-state index contributed by atoms with van der Waals surface area (Å²) in [6.07, 6.45) is 7.56. The third kappa shape index (κ3) is 15.1. The zero-order valence-electron chi connectivity index (χ0n) is 27.5. The first-order valence-corrected chi connectivity index (χ1v) is 17.8. The van der Waals surface area contributed by atoms with Crippen LogP contribution < -0.4 is 19.5 Å². The Hall–Kier alpha value is -4.84. The second-order valence-electron chi connectivity index (χ2n) is 10.2. The van der Waals surface area contributed by atoms with Crippen LogP contribution in [0.5, 0.6) is 17.2 Å². The second kappa shape index (κ2) is 22.7. The number of para-hydroxylation sites is 2. The highest BCUT2D eigenvalue weighted by Gasteiger charge is 2.24. The minimum atomic E-state index is -0.923.